The number of nitrogens with one attached hydrogen (secondary N) is 1. The number of hydrogen-bond acceptors (Lipinski definition) is 4. The van der Waals surface area contributed by atoms with Crippen molar-refractivity contribution in [1.82, 2.24) is 15.0 Å². The van der Waals surface area contributed by atoms with E-state index in [2.05, 4.69) is 15.0 Å². The summed E-state index contributed by atoms with van der Waals surface area (Å²) in [6.07, 6.45) is 1.77. The van der Waals surface area contributed by atoms with E-state index in [0.29, 0.717) is 0 Å². The molecule has 0 saturated carbocycles. The number of rotatable bonds is 2. The molecule has 5 heteroatoms. The number of thiophene rings is 1. The first kappa shape index (κ1) is 10.3. The van der Waals surface area contributed by atoms with Crippen LogP contribution in [0.15, 0.2) is 23.7 Å². The van der Waals surface area contributed by atoms with Gasteiger partial charge in [0.15, 0.2) is 11.5 Å². The Balaban J connectivity index is 2.22. The summed E-state index contributed by atoms with van der Waals surface area (Å²) in [5.41, 5.74) is 2.87. The van der Waals surface area contributed by atoms with Gasteiger partial charge in [0.1, 0.15) is 10.6 Å². The molecule has 0 unspecified atom stereocenters. The Kier molecular flexibility index (Phi) is 2.33. The van der Waals surface area contributed by atoms with Gasteiger partial charge in [0.25, 0.3) is 0 Å². The Bertz CT molecular complexity index is 671. The molecule has 0 spiro atoms. The summed E-state index contributed by atoms with van der Waals surface area (Å²) in [6, 6.07) is 3.91. The highest BCUT2D eigenvalue weighted by Crippen LogP contribution is 2.34. The lowest BCUT2D eigenvalue weighted by molar-refractivity contribution is 0.418. The van der Waals surface area contributed by atoms with Gasteiger partial charge in [0.2, 0.25) is 0 Å². The fraction of sp³-hybridized carbons (Fsp3) is 0.167. The van der Waals surface area contributed by atoms with Crippen molar-refractivity contribution < 1.29 is 4.74 Å². The maximum atomic E-state index is 5.30. The van der Waals surface area contributed by atoms with Crippen molar-refractivity contribution in [3.8, 4) is 16.5 Å². The summed E-state index contributed by atoms with van der Waals surface area (Å²) >= 11 is 1.60. The molecule has 0 aromatic carbocycles. The van der Waals surface area contributed by atoms with E-state index in [0.717, 1.165) is 33.2 Å². The third-order valence-electron chi connectivity index (χ3n) is 2.66. The van der Waals surface area contributed by atoms with Crippen LogP contribution in [0.4, 0.5) is 0 Å². The highest BCUT2D eigenvalue weighted by molar-refractivity contribution is 7.13. The van der Waals surface area contributed by atoms with Crippen LogP contribution in [0.3, 0.4) is 0 Å². The number of aryl methyl sites for hydroxylation is 1. The number of fused-ring (bicyclic) bond motifs is 1. The highest BCUT2D eigenvalue weighted by atomic mass is 32.1. The van der Waals surface area contributed by atoms with E-state index in [-0.39, 0.29) is 0 Å². The number of aromatic amines is 1. The molecule has 0 bridgehead atoms. The van der Waals surface area contributed by atoms with E-state index < -0.39 is 0 Å². The molecule has 0 saturated heterocycles. The maximum Gasteiger partial charge on any atom is 0.178 e. The molecular formula is C12H11N3OS. The molecule has 0 radical (unpaired) electrons. The molecule has 0 aliphatic carbocycles. The number of ether oxygens (including phenoxy) is 1. The number of H-pyrrole nitrogens is 1. The Labute approximate surface area is 102 Å². The van der Waals surface area contributed by atoms with Crippen LogP contribution in [0.1, 0.15) is 5.56 Å². The molecule has 0 aliphatic heterocycles. The lowest BCUT2D eigenvalue weighted by Crippen LogP contribution is -1.83. The first-order valence-corrected chi connectivity index (χ1v) is 6.10. The normalized spacial score (nSPS) is 10.9. The third-order valence-corrected chi connectivity index (χ3v) is 3.57. The second-order valence-electron chi connectivity index (χ2n) is 3.73. The third kappa shape index (κ3) is 1.59. The van der Waals surface area contributed by atoms with Gasteiger partial charge >= 0.3 is 0 Å². The fourth-order valence-corrected chi connectivity index (χ4v) is 2.58. The van der Waals surface area contributed by atoms with Crippen LogP contribution in [0.25, 0.3) is 21.9 Å². The van der Waals surface area contributed by atoms with Crippen molar-refractivity contribution in [3.05, 3.63) is 29.3 Å². The van der Waals surface area contributed by atoms with Gasteiger partial charge in [-0.25, -0.2) is 9.97 Å². The topological polar surface area (TPSA) is 50.8 Å². The lowest BCUT2D eigenvalue weighted by atomic mass is 10.3. The largest absolute Gasteiger partial charge is 0.495 e. The number of methoxy groups -OCH3 is 1. The van der Waals surface area contributed by atoms with Gasteiger partial charge in [0, 0.05) is 6.20 Å². The Morgan fingerprint density at radius 2 is 2.24 bits per heavy atom. The minimum atomic E-state index is 0.746. The Morgan fingerprint density at radius 3 is 3.00 bits per heavy atom. The molecule has 3 rings (SSSR count). The fourth-order valence-electron chi connectivity index (χ4n) is 1.77. The quantitative estimate of drug-likeness (QED) is 0.755. The van der Waals surface area contributed by atoms with E-state index in [1.165, 1.54) is 0 Å². The standard InChI is InChI=1S/C12H11N3OS/c1-7-3-5-13-11-9(7)14-12(15-11)10-8(16-2)4-6-17-10/h3-6H,1-2H3,(H,13,14,15). The summed E-state index contributed by atoms with van der Waals surface area (Å²) in [5, 5.41) is 1.99. The van der Waals surface area contributed by atoms with Crippen molar-refractivity contribution in [2.45, 2.75) is 6.92 Å². The highest BCUT2D eigenvalue weighted by Gasteiger charge is 2.13. The average Bonchev–Trinajstić information content (AvgIpc) is 2.94. The summed E-state index contributed by atoms with van der Waals surface area (Å²) < 4.78 is 5.30. The van der Waals surface area contributed by atoms with E-state index in [9.17, 15) is 0 Å². The lowest BCUT2D eigenvalue weighted by Gasteiger charge is -1.97. The predicted octanol–water partition coefficient (Wildman–Crippen LogP) is 3.00. The monoisotopic (exact) mass is 245 g/mol. The SMILES string of the molecule is COc1ccsc1-c1nc2nccc(C)c2[nH]1. The Morgan fingerprint density at radius 1 is 1.35 bits per heavy atom. The molecule has 0 atom stereocenters. The van der Waals surface area contributed by atoms with E-state index in [1.54, 1.807) is 24.6 Å². The van der Waals surface area contributed by atoms with Gasteiger partial charge in [-0.1, -0.05) is 0 Å². The first-order valence-electron chi connectivity index (χ1n) is 5.23. The van der Waals surface area contributed by atoms with Crippen LogP contribution in [-0.4, -0.2) is 22.1 Å². The number of imidazole rings is 1. The summed E-state index contributed by atoms with van der Waals surface area (Å²) in [6.45, 7) is 2.04. The zero-order valence-corrected chi connectivity index (χ0v) is 10.3. The molecule has 0 aliphatic rings. The van der Waals surface area contributed by atoms with Gasteiger partial charge in [0.05, 0.1) is 12.6 Å². The van der Waals surface area contributed by atoms with Gasteiger partial charge in [-0.2, -0.15) is 0 Å². The molecule has 3 heterocycles. The molecule has 3 aromatic rings. The van der Waals surface area contributed by atoms with Crippen LogP contribution in [0, 0.1) is 6.92 Å². The number of aromatic nitrogens is 3. The van der Waals surface area contributed by atoms with Crippen molar-refractivity contribution in [3.63, 3.8) is 0 Å². The molecule has 0 amide bonds. The summed E-state index contributed by atoms with van der Waals surface area (Å²) in [7, 11) is 1.66. The number of pyridine rings is 1. The van der Waals surface area contributed by atoms with E-state index in [4.69, 9.17) is 4.74 Å². The van der Waals surface area contributed by atoms with Gasteiger partial charge < -0.3 is 9.72 Å². The molecule has 1 N–H and O–H groups in total. The second kappa shape index (κ2) is 3.85. The summed E-state index contributed by atoms with van der Waals surface area (Å²) in [4.78, 5) is 13.0. The van der Waals surface area contributed by atoms with Crippen LogP contribution >= 0.6 is 11.3 Å². The maximum absolute atomic E-state index is 5.30. The van der Waals surface area contributed by atoms with E-state index >= 15 is 0 Å². The first-order chi connectivity index (χ1) is 8.29. The van der Waals surface area contributed by atoms with Crippen molar-refractivity contribution >= 4 is 22.5 Å². The van der Waals surface area contributed by atoms with Crippen molar-refractivity contribution in [2.75, 3.05) is 7.11 Å². The predicted molar refractivity (Wildman–Crippen MR) is 68.5 cm³/mol. The minimum absolute atomic E-state index is 0.746. The number of nitrogens with zero attached hydrogens (tertiary/aromatic N) is 2. The molecule has 4 nitrogen and oxygen atoms in total. The molecular weight excluding hydrogens is 234 g/mol. The van der Waals surface area contributed by atoms with E-state index in [1.807, 2.05) is 24.4 Å². The second-order valence-corrected chi connectivity index (χ2v) is 4.65. The van der Waals surface area contributed by atoms with Gasteiger partial charge in [-0.15, -0.1) is 11.3 Å². The zero-order chi connectivity index (χ0) is 11.8. The minimum Gasteiger partial charge on any atom is -0.495 e. The number of hydrogen-bond donors (Lipinski definition) is 1. The van der Waals surface area contributed by atoms with Crippen LogP contribution in [0.5, 0.6) is 5.75 Å². The zero-order valence-electron chi connectivity index (χ0n) is 9.52. The van der Waals surface area contributed by atoms with Crippen LogP contribution in [-0.2, 0) is 0 Å². The van der Waals surface area contributed by atoms with Crippen molar-refractivity contribution in [1.29, 1.82) is 0 Å². The Hall–Kier alpha value is -1.88. The van der Waals surface area contributed by atoms with Crippen LogP contribution < -0.4 is 4.74 Å². The van der Waals surface area contributed by atoms with Crippen LogP contribution in [0.2, 0.25) is 0 Å². The van der Waals surface area contributed by atoms with Crippen molar-refractivity contribution in [2.24, 2.45) is 0 Å². The molecule has 86 valence electrons. The molecule has 0 fully saturated rings. The van der Waals surface area contributed by atoms with Gasteiger partial charge in [-0.05, 0) is 30.0 Å². The van der Waals surface area contributed by atoms with Gasteiger partial charge in [-0.3, -0.25) is 0 Å². The molecule has 17 heavy (non-hydrogen) atoms. The summed E-state index contributed by atoms with van der Waals surface area (Å²) in [5.74, 6) is 1.65. The molecule has 3 aromatic heterocycles. The average molecular weight is 245 g/mol. The smallest absolute Gasteiger partial charge is 0.178 e.